The number of anilines is 6. The van der Waals surface area contributed by atoms with Crippen LogP contribution in [0.5, 0.6) is 34.5 Å². The first kappa shape index (κ1) is 42.7. The molecule has 1 aromatic heterocycles. The third-order valence-corrected chi connectivity index (χ3v) is 13.1. The van der Waals surface area contributed by atoms with Crippen molar-refractivity contribution in [3.63, 3.8) is 0 Å². The number of nitrogens with zero attached hydrogens (tertiary/aromatic N) is 9. The Kier molecular flexibility index (Phi) is 10.5. The predicted molar refractivity (Wildman–Crippen MR) is 279 cm³/mol. The maximum Gasteiger partial charge on any atom is 0.298 e. The number of ether oxygens (including phenoxy) is 3. The van der Waals surface area contributed by atoms with Crippen molar-refractivity contribution in [3.8, 4) is 34.5 Å². The molecule has 3 aliphatic rings. The Balaban J connectivity index is 1.28. The van der Waals surface area contributed by atoms with E-state index in [1.165, 1.54) is 0 Å². The highest BCUT2D eigenvalue weighted by Gasteiger charge is 2.43. The van der Waals surface area contributed by atoms with Crippen LogP contribution in [0.3, 0.4) is 0 Å². The van der Waals surface area contributed by atoms with Crippen molar-refractivity contribution in [1.29, 1.82) is 0 Å². The van der Waals surface area contributed by atoms with Gasteiger partial charge >= 0.3 is 0 Å². The maximum absolute atomic E-state index is 6.84. The third kappa shape index (κ3) is 7.36. The van der Waals surface area contributed by atoms with E-state index in [0.717, 1.165) is 101 Å². The fourth-order valence-electron chi connectivity index (χ4n) is 9.28. The van der Waals surface area contributed by atoms with Crippen molar-refractivity contribution in [2.45, 2.75) is 0 Å². The number of hydrogen-bond donors (Lipinski definition) is 0. The van der Waals surface area contributed by atoms with Crippen molar-refractivity contribution < 1.29 is 14.2 Å². The molecule has 0 fully saturated rings. The van der Waals surface area contributed by atoms with Crippen LogP contribution in [0.1, 0.15) is 0 Å². The van der Waals surface area contributed by atoms with Gasteiger partial charge in [0.15, 0.2) is 0 Å². The van der Waals surface area contributed by atoms with Crippen molar-refractivity contribution in [2.24, 2.45) is 0 Å². The van der Waals surface area contributed by atoms with E-state index in [2.05, 4.69) is 139 Å². The van der Waals surface area contributed by atoms with Crippen LogP contribution in [0, 0.1) is 0 Å². The first-order chi connectivity index (χ1) is 31.6. The lowest BCUT2D eigenvalue weighted by molar-refractivity contribution is 0.487. The molecule has 10 rings (SSSR count). The second-order valence-corrected chi connectivity index (χ2v) is 18.7. The van der Waals surface area contributed by atoms with Gasteiger partial charge in [0.2, 0.25) is 0 Å². The highest BCUT2D eigenvalue weighted by Crippen LogP contribution is 2.33. The summed E-state index contributed by atoms with van der Waals surface area (Å²) in [5.41, 5.74) is 14.0. The van der Waals surface area contributed by atoms with Gasteiger partial charge in [0.25, 0.3) is 20.1 Å². The van der Waals surface area contributed by atoms with Gasteiger partial charge in [0.05, 0.1) is 0 Å². The Labute approximate surface area is 389 Å². The van der Waals surface area contributed by atoms with Gasteiger partial charge in [-0.05, 0) is 69.2 Å². The molecule has 0 bridgehead atoms. The zero-order chi connectivity index (χ0) is 46.3. The quantitative estimate of drug-likeness (QED) is 0.200. The first-order valence-electron chi connectivity index (χ1n) is 22.3. The van der Waals surface area contributed by atoms with Crippen molar-refractivity contribution >= 4 is 104 Å². The second kappa shape index (κ2) is 16.3. The molecule has 0 unspecified atom stereocenters. The lowest BCUT2D eigenvalue weighted by Gasteiger charge is -2.31. The zero-order valence-corrected chi connectivity index (χ0v) is 39.9. The number of benzene rings is 6. The van der Waals surface area contributed by atoms with E-state index in [-0.39, 0.29) is 0 Å². The molecule has 0 atom stereocenters. The number of fused-ring (bicyclic) bond motifs is 6. The van der Waals surface area contributed by atoms with Crippen LogP contribution in [0.15, 0.2) is 109 Å². The minimum absolute atomic E-state index is 0.395. The molecule has 6 aromatic carbocycles. The summed E-state index contributed by atoms with van der Waals surface area (Å²) in [7, 11) is 24.5. The normalized spacial score (nSPS) is 12.8. The third-order valence-electron chi connectivity index (χ3n) is 13.1. The van der Waals surface area contributed by atoms with Gasteiger partial charge in [0, 0.05) is 155 Å². The van der Waals surface area contributed by atoms with E-state index in [4.69, 9.17) is 29.2 Å². The van der Waals surface area contributed by atoms with Crippen LogP contribution < -0.4 is 93.6 Å². The van der Waals surface area contributed by atoms with Gasteiger partial charge in [-0.25, -0.2) is 15.0 Å². The highest BCUT2D eigenvalue weighted by atomic mass is 16.5. The van der Waals surface area contributed by atoms with Gasteiger partial charge in [-0.2, -0.15) is 0 Å². The molecule has 0 aliphatic carbocycles. The lowest BCUT2D eigenvalue weighted by Crippen LogP contribution is -2.68. The molecular weight excluding hydrogens is 819 g/mol. The first-order valence-corrected chi connectivity index (χ1v) is 22.3. The Morgan fingerprint density at radius 3 is 0.591 bits per heavy atom. The van der Waals surface area contributed by atoms with E-state index in [1.54, 1.807) is 0 Å². The summed E-state index contributed by atoms with van der Waals surface area (Å²) in [5, 5.41) is 0. The molecule has 330 valence electrons. The number of aromatic nitrogens is 3. The summed E-state index contributed by atoms with van der Waals surface area (Å²) >= 11 is 0. The Hall–Kier alpha value is -7.28. The summed E-state index contributed by atoms with van der Waals surface area (Å²) in [5.74, 6) is 4.59. The minimum Gasteiger partial charge on any atom is -0.458 e. The molecule has 4 heterocycles. The summed E-state index contributed by atoms with van der Waals surface area (Å²) in [6, 6.07) is 38.5. The van der Waals surface area contributed by atoms with Crippen molar-refractivity contribution in [3.05, 3.63) is 109 Å². The highest BCUT2D eigenvalue weighted by molar-refractivity contribution is 6.99. The molecule has 0 saturated carbocycles. The standard InChI is InChI=1S/C51H54B3N9O3/c1-58(2)31-13-19-37-43(25-31)64-44-26-32(59(3)4)14-20-38(44)52(37)49-55-50(53-39-21-15-33(60(5)6)27-45(39)65-46-28-34(61(7)8)16-22-40(46)53)57-51(56-49)54-41-23-17-35(62(9)10)29-47(41)66-48-30-36(63(11)12)18-24-42(48)54/h13-30H,1-12H3. The average Bonchev–Trinajstić information content (AvgIpc) is 3.30. The average molecular weight is 873 g/mol. The van der Waals surface area contributed by atoms with Gasteiger partial charge in [-0.15, -0.1) is 0 Å². The molecule has 15 heteroatoms. The van der Waals surface area contributed by atoms with E-state index >= 15 is 0 Å². The molecule has 0 amide bonds. The second-order valence-electron chi connectivity index (χ2n) is 18.7. The molecule has 0 radical (unpaired) electrons. The number of hydrogen-bond acceptors (Lipinski definition) is 12. The topological polar surface area (TPSA) is 85.8 Å². The van der Waals surface area contributed by atoms with Crippen molar-refractivity contribution in [1.82, 2.24) is 15.0 Å². The summed E-state index contributed by atoms with van der Waals surface area (Å²) in [6.45, 7) is -1.18. The van der Waals surface area contributed by atoms with Crippen molar-refractivity contribution in [2.75, 3.05) is 114 Å². The van der Waals surface area contributed by atoms with E-state index < -0.39 is 20.1 Å². The predicted octanol–water partition coefficient (Wildman–Crippen LogP) is 2.13. The maximum atomic E-state index is 6.84. The SMILES string of the molecule is CN(C)c1ccc2c(c1)Oc1cc(N(C)C)ccc1B2c1nc(B2c3ccc(N(C)C)cc3Oc3cc(N(C)C)ccc32)nc(B2c3ccc(N(C)C)cc3Oc3cc(N(C)C)ccc32)n1. The molecule has 0 spiro atoms. The Morgan fingerprint density at radius 2 is 0.439 bits per heavy atom. The molecule has 7 aromatic rings. The van der Waals surface area contributed by atoms with Gasteiger partial charge in [0.1, 0.15) is 51.7 Å². The molecule has 66 heavy (non-hydrogen) atoms. The summed E-state index contributed by atoms with van der Waals surface area (Å²) in [4.78, 5) is 29.6. The molecular formula is C51H54B3N9O3. The Bertz CT molecular complexity index is 2550. The van der Waals surface area contributed by atoms with Gasteiger partial charge in [-0.3, -0.25) is 0 Å². The van der Waals surface area contributed by atoms with Crippen LogP contribution in [-0.4, -0.2) is 120 Å². The fraction of sp³-hybridized carbons (Fsp3) is 0.235. The summed E-state index contributed by atoms with van der Waals surface area (Å²) in [6.07, 6.45) is 0. The largest absolute Gasteiger partial charge is 0.458 e. The van der Waals surface area contributed by atoms with E-state index in [9.17, 15) is 0 Å². The van der Waals surface area contributed by atoms with E-state index in [1.807, 2.05) is 84.6 Å². The molecule has 0 saturated heterocycles. The lowest BCUT2D eigenvalue weighted by atomic mass is 9.36. The van der Waals surface area contributed by atoms with E-state index in [0.29, 0.717) is 17.2 Å². The molecule has 3 aliphatic heterocycles. The van der Waals surface area contributed by atoms with Crippen LogP contribution >= 0.6 is 0 Å². The fourth-order valence-corrected chi connectivity index (χ4v) is 9.28. The molecule has 0 N–H and O–H groups in total. The zero-order valence-electron chi connectivity index (χ0n) is 39.9. The summed E-state index contributed by atoms with van der Waals surface area (Å²) < 4.78 is 20.5. The van der Waals surface area contributed by atoms with Gasteiger partial charge in [-0.1, -0.05) is 36.4 Å². The van der Waals surface area contributed by atoms with Gasteiger partial charge < -0.3 is 43.6 Å². The minimum atomic E-state index is -0.395. The van der Waals surface area contributed by atoms with Crippen LogP contribution in [0.4, 0.5) is 34.1 Å². The molecule has 12 nitrogen and oxygen atoms in total. The van der Waals surface area contributed by atoms with Crippen LogP contribution in [-0.2, 0) is 0 Å². The van der Waals surface area contributed by atoms with Crippen LogP contribution in [0.2, 0.25) is 0 Å². The Morgan fingerprint density at radius 1 is 0.273 bits per heavy atom. The van der Waals surface area contributed by atoms with Crippen LogP contribution in [0.25, 0.3) is 0 Å². The number of rotatable bonds is 9. The smallest absolute Gasteiger partial charge is 0.298 e. The monoisotopic (exact) mass is 873 g/mol.